The van der Waals surface area contributed by atoms with Gasteiger partial charge in [-0.1, -0.05) is 13.8 Å². The number of rotatable bonds is 1. The molecule has 0 bridgehead atoms. The van der Waals surface area contributed by atoms with Gasteiger partial charge in [0.15, 0.2) is 0 Å². The van der Waals surface area contributed by atoms with Crippen molar-refractivity contribution in [3.8, 4) is 0 Å². The van der Waals surface area contributed by atoms with E-state index in [9.17, 15) is 4.79 Å². The molecule has 0 spiro atoms. The van der Waals surface area contributed by atoms with Gasteiger partial charge >= 0.3 is 0 Å². The lowest BCUT2D eigenvalue weighted by atomic mass is 10.3. The molecule has 1 heterocycles. The summed E-state index contributed by atoms with van der Waals surface area (Å²) in [6, 6.07) is 0.403. The molecule has 0 aromatic heterocycles. The van der Waals surface area contributed by atoms with Crippen LogP contribution < -0.4 is 0 Å². The number of likely N-dealkylation sites (tertiary alicyclic amines) is 1. The fraction of sp³-hybridized carbons (Fsp3) is 0.889. The summed E-state index contributed by atoms with van der Waals surface area (Å²) in [5, 5.41) is 0. The number of hydrogen-bond acceptors (Lipinski definition) is 1. The molecule has 1 aliphatic rings. The molecular formula is C9H19NO. The first-order valence-corrected chi connectivity index (χ1v) is 4.51. The number of hydrogen-bond donors (Lipinski definition) is 0. The van der Waals surface area contributed by atoms with E-state index in [1.807, 2.05) is 18.7 Å². The van der Waals surface area contributed by atoms with Crippen molar-refractivity contribution in [2.45, 2.75) is 46.6 Å². The summed E-state index contributed by atoms with van der Waals surface area (Å²) in [6.45, 7) is 9.09. The molecule has 0 atom stereocenters. The summed E-state index contributed by atoms with van der Waals surface area (Å²) in [5.74, 6) is 0.324. The first kappa shape index (κ1) is 10.5. The zero-order valence-electron chi connectivity index (χ0n) is 8.05. The lowest BCUT2D eigenvalue weighted by Gasteiger charge is -2.19. The fourth-order valence-electron chi connectivity index (χ4n) is 1.22. The minimum absolute atomic E-state index is 0.324. The summed E-state index contributed by atoms with van der Waals surface area (Å²) < 4.78 is 0. The van der Waals surface area contributed by atoms with Crippen molar-refractivity contribution < 1.29 is 4.79 Å². The van der Waals surface area contributed by atoms with Crippen molar-refractivity contribution in [2.75, 3.05) is 6.54 Å². The van der Waals surface area contributed by atoms with Gasteiger partial charge in [0.2, 0.25) is 5.91 Å². The van der Waals surface area contributed by atoms with E-state index >= 15 is 0 Å². The van der Waals surface area contributed by atoms with Crippen molar-refractivity contribution >= 4 is 5.91 Å². The maximum Gasteiger partial charge on any atom is 0.222 e. The SMILES string of the molecule is CC.CC(C)N1CCCC1=O. The van der Waals surface area contributed by atoms with Gasteiger partial charge in [-0.15, -0.1) is 0 Å². The van der Waals surface area contributed by atoms with E-state index in [2.05, 4.69) is 13.8 Å². The van der Waals surface area contributed by atoms with E-state index in [1.54, 1.807) is 0 Å². The standard InChI is InChI=1S/C7H13NO.C2H6/c1-6(2)8-5-3-4-7(8)9;1-2/h6H,3-5H2,1-2H3;1-2H3. The smallest absolute Gasteiger partial charge is 0.222 e. The highest BCUT2D eigenvalue weighted by atomic mass is 16.2. The predicted octanol–water partition coefficient (Wildman–Crippen LogP) is 2.04. The molecule has 0 N–H and O–H groups in total. The summed E-state index contributed by atoms with van der Waals surface area (Å²) in [6.07, 6.45) is 1.81. The summed E-state index contributed by atoms with van der Waals surface area (Å²) >= 11 is 0. The highest BCUT2D eigenvalue weighted by molar-refractivity contribution is 5.78. The third-order valence-corrected chi connectivity index (χ3v) is 1.73. The van der Waals surface area contributed by atoms with Crippen LogP contribution in [0.3, 0.4) is 0 Å². The fourth-order valence-corrected chi connectivity index (χ4v) is 1.22. The zero-order chi connectivity index (χ0) is 8.85. The minimum atomic E-state index is 0.324. The Morgan fingerprint density at radius 1 is 1.36 bits per heavy atom. The number of carbonyl (C=O) groups is 1. The maximum absolute atomic E-state index is 10.9. The lowest BCUT2D eigenvalue weighted by molar-refractivity contribution is -0.129. The molecule has 0 radical (unpaired) electrons. The van der Waals surface area contributed by atoms with Gasteiger partial charge in [-0.2, -0.15) is 0 Å². The third-order valence-electron chi connectivity index (χ3n) is 1.73. The average Bonchev–Trinajstić information content (AvgIpc) is 2.39. The largest absolute Gasteiger partial charge is 0.340 e. The molecule has 0 aromatic carbocycles. The second-order valence-corrected chi connectivity index (χ2v) is 2.78. The molecule has 1 saturated heterocycles. The molecular weight excluding hydrogens is 138 g/mol. The second kappa shape index (κ2) is 5.16. The van der Waals surface area contributed by atoms with E-state index in [4.69, 9.17) is 0 Å². The Morgan fingerprint density at radius 3 is 2.09 bits per heavy atom. The van der Waals surface area contributed by atoms with Crippen LogP contribution in [-0.4, -0.2) is 23.4 Å². The van der Waals surface area contributed by atoms with Crippen molar-refractivity contribution in [3.05, 3.63) is 0 Å². The third kappa shape index (κ3) is 2.91. The molecule has 2 nitrogen and oxygen atoms in total. The highest BCUT2D eigenvalue weighted by Gasteiger charge is 2.21. The number of nitrogens with zero attached hydrogens (tertiary/aromatic N) is 1. The molecule has 0 unspecified atom stereocenters. The van der Waals surface area contributed by atoms with Crippen LogP contribution in [0.1, 0.15) is 40.5 Å². The molecule has 0 aliphatic carbocycles. The Labute approximate surface area is 69.6 Å². The van der Waals surface area contributed by atoms with Crippen molar-refractivity contribution in [2.24, 2.45) is 0 Å². The summed E-state index contributed by atoms with van der Waals surface area (Å²) in [5.41, 5.74) is 0. The van der Waals surface area contributed by atoms with Gasteiger partial charge < -0.3 is 4.90 Å². The first-order chi connectivity index (χ1) is 5.22. The van der Waals surface area contributed by atoms with E-state index in [1.165, 1.54) is 0 Å². The van der Waals surface area contributed by atoms with Crippen LogP contribution in [0, 0.1) is 0 Å². The number of amides is 1. The van der Waals surface area contributed by atoms with Crippen LogP contribution in [0.4, 0.5) is 0 Å². The van der Waals surface area contributed by atoms with Crippen LogP contribution >= 0.6 is 0 Å². The summed E-state index contributed by atoms with van der Waals surface area (Å²) in [7, 11) is 0. The van der Waals surface area contributed by atoms with Gasteiger partial charge in [-0.05, 0) is 20.3 Å². The average molecular weight is 157 g/mol. The molecule has 1 amide bonds. The molecule has 0 saturated carbocycles. The molecule has 1 aliphatic heterocycles. The van der Waals surface area contributed by atoms with Crippen LogP contribution in [0.2, 0.25) is 0 Å². The van der Waals surface area contributed by atoms with Crippen LogP contribution in [0.15, 0.2) is 0 Å². The van der Waals surface area contributed by atoms with Crippen LogP contribution in [0.5, 0.6) is 0 Å². The van der Waals surface area contributed by atoms with E-state index in [0.29, 0.717) is 11.9 Å². The first-order valence-electron chi connectivity index (χ1n) is 4.51. The highest BCUT2D eigenvalue weighted by Crippen LogP contribution is 2.12. The second-order valence-electron chi connectivity index (χ2n) is 2.78. The predicted molar refractivity (Wildman–Crippen MR) is 47.4 cm³/mol. The van der Waals surface area contributed by atoms with Crippen LogP contribution in [-0.2, 0) is 4.79 Å². The van der Waals surface area contributed by atoms with Crippen molar-refractivity contribution in [1.82, 2.24) is 4.90 Å². The molecule has 0 aromatic rings. The number of carbonyl (C=O) groups excluding carboxylic acids is 1. The molecule has 1 rings (SSSR count). The Bertz CT molecular complexity index is 121. The minimum Gasteiger partial charge on any atom is -0.340 e. The molecule has 11 heavy (non-hydrogen) atoms. The Balaban J connectivity index is 0.000000461. The van der Waals surface area contributed by atoms with E-state index in [0.717, 1.165) is 19.4 Å². The molecule has 2 heteroatoms. The molecule has 66 valence electrons. The lowest BCUT2D eigenvalue weighted by Crippen LogP contribution is -2.31. The Hall–Kier alpha value is -0.530. The molecule has 1 fully saturated rings. The van der Waals surface area contributed by atoms with Gasteiger partial charge in [0.25, 0.3) is 0 Å². The van der Waals surface area contributed by atoms with Gasteiger partial charge in [0.1, 0.15) is 0 Å². The quantitative estimate of drug-likeness (QED) is 0.570. The zero-order valence-corrected chi connectivity index (χ0v) is 8.05. The van der Waals surface area contributed by atoms with Crippen molar-refractivity contribution in [3.63, 3.8) is 0 Å². The van der Waals surface area contributed by atoms with E-state index < -0.39 is 0 Å². The maximum atomic E-state index is 10.9. The monoisotopic (exact) mass is 157 g/mol. The van der Waals surface area contributed by atoms with Gasteiger partial charge in [0.05, 0.1) is 0 Å². The summed E-state index contributed by atoms with van der Waals surface area (Å²) in [4.78, 5) is 12.9. The van der Waals surface area contributed by atoms with E-state index in [-0.39, 0.29) is 0 Å². The Morgan fingerprint density at radius 2 is 1.91 bits per heavy atom. The van der Waals surface area contributed by atoms with Gasteiger partial charge in [-0.25, -0.2) is 0 Å². The van der Waals surface area contributed by atoms with Gasteiger partial charge in [-0.3, -0.25) is 4.79 Å². The van der Waals surface area contributed by atoms with Gasteiger partial charge in [0, 0.05) is 19.0 Å². The Kier molecular flexibility index (Phi) is 4.92. The van der Waals surface area contributed by atoms with Crippen LogP contribution in [0.25, 0.3) is 0 Å². The van der Waals surface area contributed by atoms with Crippen molar-refractivity contribution in [1.29, 1.82) is 0 Å². The normalized spacial score (nSPS) is 16.8. The topological polar surface area (TPSA) is 20.3 Å².